The summed E-state index contributed by atoms with van der Waals surface area (Å²) in [6, 6.07) is 12.5. The average molecular weight is 401 g/mol. The SMILES string of the molecule is COC(=O)COc1c(-c2ccc(C(C)(C)C)cc2)oc2ccc(Cl)cc2c1=O. The summed E-state index contributed by atoms with van der Waals surface area (Å²) in [6.07, 6.45) is 0. The Labute approximate surface area is 167 Å². The highest BCUT2D eigenvalue weighted by molar-refractivity contribution is 6.31. The maximum Gasteiger partial charge on any atom is 0.343 e. The molecule has 0 fully saturated rings. The zero-order chi connectivity index (χ0) is 20.5. The van der Waals surface area contributed by atoms with Crippen molar-refractivity contribution in [3.8, 4) is 17.1 Å². The van der Waals surface area contributed by atoms with Crippen LogP contribution in [0.3, 0.4) is 0 Å². The molecule has 0 amide bonds. The third-order valence-electron chi connectivity index (χ3n) is 4.39. The largest absolute Gasteiger partial charge is 0.474 e. The van der Waals surface area contributed by atoms with Crippen LogP contribution in [0.25, 0.3) is 22.3 Å². The molecular weight excluding hydrogens is 380 g/mol. The monoisotopic (exact) mass is 400 g/mol. The highest BCUT2D eigenvalue weighted by Crippen LogP contribution is 2.33. The number of benzene rings is 2. The van der Waals surface area contributed by atoms with E-state index in [0.29, 0.717) is 16.2 Å². The van der Waals surface area contributed by atoms with Crippen molar-refractivity contribution in [2.45, 2.75) is 26.2 Å². The van der Waals surface area contributed by atoms with Gasteiger partial charge in [-0.3, -0.25) is 4.79 Å². The van der Waals surface area contributed by atoms with Crippen LogP contribution in [-0.2, 0) is 14.9 Å². The van der Waals surface area contributed by atoms with Crippen LogP contribution in [0.5, 0.6) is 5.75 Å². The first kappa shape index (κ1) is 20.0. The van der Waals surface area contributed by atoms with E-state index in [-0.39, 0.29) is 22.3 Å². The highest BCUT2D eigenvalue weighted by Gasteiger charge is 2.20. The molecule has 0 saturated heterocycles. The Hall–Kier alpha value is -2.79. The van der Waals surface area contributed by atoms with Crippen LogP contribution in [0, 0.1) is 0 Å². The van der Waals surface area contributed by atoms with Gasteiger partial charge >= 0.3 is 5.97 Å². The normalized spacial score (nSPS) is 11.5. The van der Waals surface area contributed by atoms with Gasteiger partial charge in [-0.15, -0.1) is 0 Å². The number of carbonyl (C=O) groups is 1. The average Bonchev–Trinajstić information content (AvgIpc) is 2.66. The molecule has 2 aromatic carbocycles. The fourth-order valence-corrected chi connectivity index (χ4v) is 2.96. The summed E-state index contributed by atoms with van der Waals surface area (Å²) in [5, 5.41) is 0.684. The van der Waals surface area contributed by atoms with E-state index in [1.165, 1.54) is 13.2 Å². The summed E-state index contributed by atoms with van der Waals surface area (Å²) in [4.78, 5) is 24.5. The minimum atomic E-state index is -0.598. The number of esters is 1. The molecule has 1 aromatic heterocycles. The lowest BCUT2D eigenvalue weighted by Crippen LogP contribution is -2.17. The van der Waals surface area contributed by atoms with E-state index in [4.69, 9.17) is 20.8 Å². The van der Waals surface area contributed by atoms with Crippen molar-refractivity contribution < 1.29 is 18.7 Å². The van der Waals surface area contributed by atoms with Crippen molar-refractivity contribution in [2.75, 3.05) is 13.7 Å². The fraction of sp³-hybridized carbons (Fsp3) is 0.273. The molecule has 0 radical (unpaired) electrons. The number of methoxy groups -OCH3 is 1. The maximum atomic E-state index is 13.0. The molecule has 0 aliphatic rings. The summed E-state index contributed by atoms with van der Waals surface area (Å²) >= 11 is 6.01. The van der Waals surface area contributed by atoms with Crippen LogP contribution in [-0.4, -0.2) is 19.7 Å². The quantitative estimate of drug-likeness (QED) is 0.579. The molecule has 0 N–H and O–H groups in total. The Bertz CT molecular complexity index is 1080. The van der Waals surface area contributed by atoms with Crippen molar-refractivity contribution in [3.63, 3.8) is 0 Å². The molecule has 0 saturated carbocycles. The van der Waals surface area contributed by atoms with Gasteiger partial charge in [0.05, 0.1) is 12.5 Å². The van der Waals surface area contributed by atoms with Crippen molar-refractivity contribution in [1.82, 2.24) is 0 Å². The van der Waals surface area contributed by atoms with Gasteiger partial charge < -0.3 is 13.9 Å². The number of hydrogen-bond donors (Lipinski definition) is 0. The molecule has 0 bridgehead atoms. The Morgan fingerprint density at radius 2 is 1.79 bits per heavy atom. The molecule has 0 aliphatic carbocycles. The molecule has 146 valence electrons. The number of hydrogen-bond acceptors (Lipinski definition) is 5. The molecule has 6 heteroatoms. The smallest absolute Gasteiger partial charge is 0.343 e. The van der Waals surface area contributed by atoms with Gasteiger partial charge in [0, 0.05) is 10.6 Å². The van der Waals surface area contributed by atoms with Gasteiger partial charge in [-0.2, -0.15) is 0 Å². The van der Waals surface area contributed by atoms with Crippen molar-refractivity contribution in [2.24, 2.45) is 0 Å². The summed E-state index contributed by atoms with van der Waals surface area (Å²) in [5.74, 6) is -0.396. The summed E-state index contributed by atoms with van der Waals surface area (Å²) in [5.41, 5.74) is 1.78. The minimum Gasteiger partial charge on any atom is -0.474 e. The number of carbonyl (C=O) groups excluding carboxylic acids is 1. The first-order chi connectivity index (χ1) is 13.2. The van der Waals surface area contributed by atoms with E-state index in [9.17, 15) is 9.59 Å². The Balaban J connectivity index is 2.17. The van der Waals surface area contributed by atoms with E-state index in [1.54, 1.807) is 12.1 Å². The van der Waals surface area contributed by atoms with Gasteiger partial charge in [0.2, 0.25) is 11.2 Å². The minimum absolute atomic E-state index is 0.0102. The lowest BCUT2D eigenvalue weighted by Gasteiger charge is -2.19. The second kappa shape index (κ2) is 7.68. The summed E-state index contributed by atoms with van der Waals surface area (Å²) in [6.45, 7) is 5.95. The predicted molar refractivity (Wildman–Crippen MR) is 109 cm³/mol. The number of fused-ring (bicyclic) bond motifs is 1. The molecule has 0 spiro atoms. The topological polar surface area (TPSA) is 65.7 Å². The molecular formula is C22H21ClO5. The predicted octanol–water partition coefficient (Wildman–Crippen LogP) is 4.96. The van der Waals surface area contributed by atoms with Crippen LogP contribution in [0.15, 0.2) is 51.7 Å². The molecule has 0 atom stereocenters. The molecule has 5 nitrogen and oxygen atoms in total. The number of rotatable bonds is 4. The van der Waals surface area contributed by atoms with E-state index in [2.05, 4.69) is 25.5 Å². The second-order valence-electron chi connectivity index (χ2n) is 7.42. The molecule has 3 aromatic rings. The summed E-state index contributed by atoms with van der Waals surface area (Å²) in [7, 11) is 1.25. The van der Waals surface area contributed by atoms with E-state index in [0.717, 1.165) is 5.56 Å². The molecule has 0 aliphatic heterocycles. The number of halogens is 1. The summed E-state index contributed by atoms with van der Waals surface area (Å²) < 4.78 is 16.1. The third kappa shape index (κ3) is 4.04. The van der Waals surface area contributed by atoms with Crippen LogP contribution in [0.2, 0.25) is 5.02 Å². The van der Waals surface area contributed by atoms with Gasteiger partial charge in [-0.05, 0) is 29.2 Å². The van der Waals surface area contributed by atoms with Crippen molar-refractivity contribution >= 4 is 28.5 Å². The first-order valence-corrected chi connectivity index (χ1v) is 9.15. The van der Waals surface area contributed by atoms with Crippen LogP contribution in [0.4, 0.5) is 0 Å². The highest BCUT2D eigenvalue weighted by atomic mass is 35.5. The molecule has 28 heavy (non-hydrogen) atoms. The first-order valence-electron chi connectivity index (χ1n) is 8.77. The maximum absolute atomic E-state index is 13.0. The van der Waals surface area contributed by atoms with Crippen molar-refractivity contribution in [1.29, 1.82) is 0 Å². The van der Waals surface area contributed by atoms with E-state index in [1.807, 2.05) is 24.3 Å². The molecule has 0 unspecified atom stereocenters. The zero-order valence-corrected chi connectivity index (χ0v) is 16.9. The lowest BCUT2D eigenvalue weighted by molar-refractivity contribution is -0.142. The van der Waals surface area contributed by atoms with Crippen LogP contribution >= 0.6 is 11.6 Å². The molecule has 1 heterocycles. The number of ether oxygens (including phenoxy) is 2. The second-order valence-corrected chi connectivity index (χ2v) is 7.86. The Kier molecular flexibility index (Phi) is 5.47. The fourth-order valence-electron chi connectivity index (χ4n) is 2.78. The third-order valence-corrected chi connectivity index (χ3v) is 4.62. The van der Waals surface area contributed by atoms with Gasteiger partial charge in [0.1, 0.15) is 5.58 Å². The van der Waals surface area contributed by atoms with Gasteiger partial charge in [-0.1, -0.05) is 56.6 Å². The lowest BCUT2D eigenvalue weighted by atomic mass is 9.86. The van der Waals surface area contributed by atoms with E-state index < -0.39 is 18.0 Å². The van der Waals surface area contributed by atoms with Crippen LogP contribution in [0.1, 0.15) is 26.3 Å². The zero-order valence-electron chi connectivity index (χ0n) is 16.2. The van der Waals surface area contributed by atoms with E-state index >= 15 is 0 Å². The van der Waals surface area contributed by atoms with Gasteiger partial charge in [-0.25, -0.2) is 4.79 Å². The Morgan fingerprint density at radius 1 is 1.11 bits per heavy atom. The van der Waals surface area contributed by atoms with Gasteiger partial charge in [0.25, 0.3) is 0 Å². The van der Waals surface area contributed by atoms with Crippen LogP contribution < -0.4 is 10.2 Å². The molecule has 3 rings (SSSR count). The standard InChI is InChI=1S/C22H21ClO5/c1-22(2,3)14-7-5-13(6-8-14)20-21(27-12-18(24)26-4)19(25)16-11-15(23)9-10-17(16)28-20/h5-11H,12H2,1-4H3. The Morgan fingerprint density at radius 3 is 2.39 bits per heavy atom. The van der Waals surface area contributed by atoms with Gasteiger partial charge in [0.15, 0.2) is 12.4 Å². The van der Waals surface area contributed by atoms with Crippen molar-refractivity contribution in [3.05, 3.63) is 63.3 Å².